The molecule has 7 rings (SSSR count). The van der Waals surface area contributed by atoms with Crippen LogP contribution in [0.4, 0.5) is 0 Å². The lowest BCUT2D eigenvalue weighted by Gasteiger charge is -2.44. The molecule has 30 N–H and O–H groups in total. The lowest BCUT2D eigenvalue weighted by molar-refractivity contribution is -0.193. The highest BCUT2D eigenvalue weighted by atomic mass is 32.2. The Labute approximate surface area is 585 Å². The van der Waals surface area contributed by atoms with E-state index in [1.165, 1.54) is 25.8 Å². The predicted molar refractivity (Wildman–Crippen MR) is 357 cm³/mol. The van der Waals surface area contributed by atoms with Crippen LogP contribution in [0.5, 0.6) is 0 Å². The summed E-state index contributed by atoms with van der Waals surface area (Å²) in [6, 6.07) is -1.57. The summed E-state index contributed by atoms with van der Waals surface area (Å²) in [6.45, 7) is 5.60. The summed E-state index contributed by atoms with van der Waals surface area (Å²) >= 11 is 0. The van der Waals surface area contributed by atoms with Gasteiger partial charge in [-0.3, -0.25) is 5.84 Å². The molecule has 44 nitrogen and oxygen atoms in total. The minimum Gasteiger partial charge on any atom is -0.427 e. The summed E-state index contributed by atoms with van der Waals surface area (Å²) < 4.78 is 111. The third kappa shape index (κ3) is 33.3. The van der Waals surface area contributed by atoms with Gasteiger partial charge in [-0.25, -0.2) is 0 Å². The first-order chi connectivity index (χ1) is 46.8. The van der Waals surface area contributed by atoms with Crippen molar-refractivity contribution in [3.63, 3.8) is 0 Å². The summed E-state index contributed by atoms with van der Waals surface area (Å²) in [5.41, 5.74) is 47.0. The molecule has 0 bridgehead atoms. The van der Waals surface area contributed by atoms with Crippen molar-refractivity contribution < 1.29 is 112 Å². The van der Waals surface area contributed by atoms with Crippen LogP contribution in [0.1, 0.15) is 51.4 Å². The first kappa shape index (κ1) is 96.5. The Morgan fingerprint density at radius 2 is 0.770 bits per heavy atom. The lowest BCUT2D eigenvalue weighted by Crippen LogP contribution is -2.69. The zero-order chi connectivity index (χ0) is 76.9. The fraction of sp³-hybridized carbons (Fsp3) is 0.917. The molecule has 0 spiro atoms. The Morgan fingerprint density at radius 3 is 1.07 bits per heavy atom. The Kier molecular flexibility index (Phi) is 47.5. The van der Waals surface area contributed by atoms with Gasteiger partial charge in [0, 0.05) is 153 Å². The number of rotatable bonds is 31. The minimum atomic E-state index is -3.66. The first-order valence-electron chi connectivity index (χ1n) is 32.0. The van der Waals surface area contributed by atoms with Gasteiger partial charge in [-0.1, -0.05) is 25.7 Å². The summed E-state index contributed by atoms with van der Waals surface area (Å²) in [6.07, 6.45) is 7.20. The fourth-order valence-electron chi connectivity index (χ4n) is 12.1. The van der Waals surface area contributed by atoms with Gasteiger partial charge >= 0.3 is 53.1 Å². The fourth-order valence-corrected chi connectivity index (χ4v) is 18.3. The topological polar surface area (TPSA) is 740 Å². The smallest absolute Gasteiger partial charge is 0.427 e. The molecule has 0 aromatic rings. The van der Waals surface area contributed by atoms with Crippen molar-refractivity contribution in [2.24, 2.45) is 75.4 Å². The first-order valence-corrected chi connectivity index (χ1v) is 37.7. The van der Waals surface area contributed by atoms with Crippen molar-refractivity contribution in [3.8, 4) is 0 Å². The van der Waals surface area contributed by atoms with Crippen LogP contribution in [0.3, 0.4) is 0 Å². The van der Waals surface area contributed by atoms with E-state index in [4.69, 9.17) is 130 Å². The van der Waals surface area contributed by atoms with Crippen molar-refractivity contribution in [1.82, 2.24) is 50.9 Å². The van der Waals surface area contributed by atoms with Crippen LogP contribution in [0.2, 0.25) is 25.3 Å². The molecule has 7 heterocycles. The molecule has 100 heavy (non-hydrogen) atoms. The molecule has 0 saturated carbocycles. The maximum Gasteiger partial charge on any atom is 0.451 e. The van der Waals surface area contributed by atoms with Crippen molar-refractivity contribution in [3.05, 3.63) is 0 Å². The number of hydrogen-bond donors (Lipinski definition) is 21. The second-order valence-corrected chi connectivity index (χ2v) is 32.0. The van der Waals surface area contributed by atoms with Gasteiger partial charge in [0.2, 0.25) is 0 Å². The average Bonchev–Trinajstić information content (AvgIpc) is 1.58. The molecule has 7 fully saturated rings. The molecule has 0 amide bonds. The van der Waals surface area contributed by atoms with Gasteiger partial charge in [0.15, 0.2) is 0 Å². The number of nitrogens with zero attached hydrogens (tertiary/aromatic N) is 7. The van der Waals surface area contributed by atoms with E-state index in [0.717, 1.165) is 0 Å². The van der Waals surface area contributed by atoms with Gasteiger partial charge in [0.1, 0.15) is 0 Å². The summed E-state index contributed by atoms with van der Waals surface area (Å²) in [5.74, 6) is 5.05. The van der Waals surface area contributed by atoms with Gasteiger partial charge < -0.3 is 102 Å². The molecule has 578 valence electrons. The van der Waals surface area contributed by atoms with Crippen molar-refractivity contribution in [2.45, 2.75) is 137 Å². The van der Waals surface area contributed by atoms with E-state index in [2.05, 4.69) is 15.4 Å². The molecule has 0 aromatic heterocycles. The van der Waals surface area contributed by atoms with E-state index in [1.54, 1.807) is 4.83 Å². The van der Waals surface area contributed by atoms with Crippen molar-refractivity contribution >= 4 is 93.9 Å². The molecule has 14 atom stereocenters. The molecule has 0 aromatic carbocycles. The quantitative estimate of drug-likeness (QED) is 0.0174. The lowest BCUT2D eigenvalue weighted by atomic mass is 9.82. The number of hydrazine groups is 1. The highest BCUT2D eigenvalue weighted by molar-refractivity contribution is 7.87. The Hall–Kier alpha value is -3.54. The highest BCUT2D eigenvalue weighted by Gasteiger charge is 2.48. The molecule has 4 unspecified atom stereocenters. The molecule has 7 aliphatic heterocycles. The van der Waals surface area contributed by atoms with Gasteiger partial charge in [-0.05, 0) is 88.7 Å². The second-order valence-electron chi connectivity index (χ2n) is 24.8. The van der Waals surface area contributed by atoms with E-state index in [0.29, 0.717) is 123 Å². The molecule has 0 aliphatic carbocycles. The van der Waals surface area contributed by atoms with Crippen LogP contribution in [0.25, 0.3) is 0 Å². The number of carbonyl (C=O) groups excluding carboxylic acids is 8. The minimum absolute atomic E-state index is 0.0119. The van der Waals surface area contributed by atoms with Crippen LogP contribution in [-0.2, 0) is 79.2 Å². The molecular formula is C48H106B4N20O24S4. The summed E-state index contributed by atoms with van der Waals surface area (Å²) in [4.78, 5) is 68.7. The monoisotopic (exact) mass is 1520 g/mol. The van der Waals surface area contributed by atoms with Crippen LogP contribution in [0.15, 0.2) is 0 Å². The van der Waals surface area contributed by atoms with Gasteiger partial charge in [0.05, 0.1) is 12.1 Å². The number of nitrogens with two attached hydrogens (primary N) is 9. The Balaban J connectivity index is 0.00000125. The summed E-state index contributed by atoms with van der Waals surface area (Å²) in [7, 11) is -15.9. The van der Waals surface area contributed by atoms with Gasteiger partial charge in [0.25, 0.3) is 40.8 Å². The zero-order valence-corrected chi connectivity index (χ0v) is 59.5. The van der Waals surface area contributed by atoms with E-state index in [1.807, 2.05) is 19.0 Å². The largest absolute Gasteiger partial charge is 0.451 e. The van der Waals surface area contributed by atoms with Crippen LogP contribution < -0.4 is 71.9 Å². The van der Waals surface area contributed by atoms with E-state index >= 15 is 0 Å². The van der Waals surface area contributed by atoms with Crippen LogP contribution in [-0.4, -0.2) is 337 Å². The number of nitrogens with one attached hydrogen (secondary N) is 4. The van der Waals surface area contributed by atoms with Gasteiger partial charge in [-0.2, -0.15) is 103 Å². The Morgan fingerprint density at radius 1 is 0.450 bits per heavy atom. The van der Waals surface area contributed by atoms with Crippen molar-refractivity contribution in [2.75, 3.05) is 119 Å². The molecule has 7 aliphatic rings. The maximum absolute atomic E-state index is 13.1. The normalized spacial score (nSPS) is 27.6. The zero-order valence-electron chi connectivity index (χ0n) is 56.3. The van der Waals surface area contributed by atoms with E-state index in [9.17, 15) is 33.7 Å². The van der Waals surface area contributed by atoms with Gasteiger partial charge in [-0.15, -0.1) is 4.83 Å². The SMILES string of the molecule is CN(C)[C@@H]1CN(S(=O)(=O)N2C[C@H](CCCB(O)O)[C@@H](N)C2)C[C@@H]1N.NCC1NCC1NS(=O)(=O)N1C[C@H](CCCB(O)O)[C@@H](N)C1.NCCN(C1CNC1CN)S(=O)(=O)N1C[C@H](CCCB(O)O)[C@@H](N)C1.NNS(=O)(=O)N1C[C@H](CCCB(O)O)[C@@H](N)C1.O=C=O.O=C=O.O=C=O.O=C=O. The standard InChI is InChI=1S/C13H31BN6O4S.C13H30BN5O4S.C11H26BN5O4S.C7H19BN4O4S.4CO2/c15-4-5-20(13-7-18-12(13)6-16)25(23,24)19-8-10(11(17)9-19)2-1-3-14(21)22;1-17(2)13-9-19(8-12(13)16)24(22,23)18-6-10(11(15)7-18)4-3-5-14(20)21;13-4-10-11(5-15-10)16-22(20,21)17-6-8(9(14)7-17)2-1-3-12(18)19;9-7-5-12(17(15,16)11-10)4-6(7)2-1-3-8(13)14;4*2-1-3/h10-13,18,21-22H,1-9,15-17H2;10-13,20-21H,3-9,15-16H2,1-2H3;8-11,15-16,18-19H,1-7,13-14H2;6-7,11,13-14H,1-5,9-10H2;;;;/t10-,11-,12?,13?;10-,11-,12-,13+;8-,9-,10?,11?;6-,7-;;;;/m0000..../s1. The van der Waals surface area contributed by atoms with E-state index in [-0.39, 0.29) is 167 Å². The molecule has 0 radical (unpaired) electrons. The maximum atomic E-state index is 13.1. The van der Waals surface area contributed by atoms with Crippen LogP contribution in [0, 0.1) is 23.7 Å². The number of hydrogen-bond acceptors (Lipinski definition) is 36. The number of likely N-dealkylation sites (N-methyl/N-ethyl adjacent to an activating group) is 1. The molecular weight excluding hydrogens is 1410 g/mol. The predicted octanol–water partition coefficient (Wildman–Crippen LogP) is -14.9. The third-order valence-corrected chi connectivity index (χ3v) is 24.5. The highest BCUT2D eigenvalue weighted by Crippen LogP contribution is 2.30. The van der Waals surface area contributed by atoms with Crippen LogP contribution >= 0.6 is 0 Å². The molecule has 7 saturated heterocycles. The summed E-state index contributed by atoms with van der Waals surface area (Å²) in [5, 5.41) is 77.0. The average molecular weight is 1520 g/mol. The molecule has 52 heteroatoms. The van der Waals surface area contributed by atoms with Crippen molar-refractivity contribution in [1.29, 1.82) is 0 Å². The second kappa shape index (κ2) is 49.3. The third-order valence-electron chi connectivity index (χ3n) is 17.7. The van der Waals surface area contributed by atoms with E-state index < -0.39 is 69.3 Å². The Bertz CT molecular complexity index is 2870.